The van der Waals surface area contributed by atoms with Crippen LogP contribution in [0.25, 0.3) is 0 Å². The quantitative estimate of drug-likeness (QED) is 0.800. The SMILES string of the molecule is COCC1(C)CCC(c2c(C=O)nn3c2COCC3)CC1. The van der Waals surface area contributed by atoms with Gasteiger partial charge in [0.25, 0.3) is 0 Å². The fourth-order valence-corrected chi connectivity index (χ4v) is 3.82. The van der Waals surface area contributed by atoms with Crippen molar-refractivity contribution in [1.29, 1.82) is 0 Å². The molecule has 1 saturated carbocycles. The molecule has 0 aromatic carbocycles. The standard InChI is InChI=1S/C16H24N2O3/c1-16(11-20-2)5-3-12(4-6-16)15-13(9-19)17-18-7-8-21-10-14(15)18/h9,12H,3-8,10-11H2,1-2H3. The topological polar surface area (TPSA) is 53.3 Å². The highest BCUT2D eigenvalue weighted by molar-refractivity contribution is 5.75. The van der Waals surface area contributed by atoms with E-state index >= 15 is 0 Å². The first-order valence-corrected chi connectivity index (χ1v) is 7.78. The number of methoxy groups -OCH3 is 1. The number of rotatable bonds is 4. The Bertz CT molecular complexity index is 516. The molecule has 0 atom stereocenters. The molecule has 1 aromatic rings. The van der Waals surface area contributed by atoms with E-state index in [0.717, 1.165) is 56.4 Å². The summed E-state index contributed by atoms with van der Waals surface area (Å²) in [6.45, 7) is 5.13. The summed E-state index contributed by atoms with van der Waals surface area (Å²) in [5, 5.41) is 4.46. The van der Waals surface area contributed by atoms with Gasteiger partial charge in [-0.25, -0.2) is 0 Å². The van der Waals surface area contributed by atoms with Crippen molar-refractivity contribution in [2.45, 2.75) is 51.7 Å². The number of aromatic nitrogens is 2. The Balaban J connectivity index is 1.82. The molecular weight excluding hydrogens is 268 g/mol. The first-order valence-electron chi connectivity index (χ1n) is 7.78. The van der Waals surface area contributed by atoms with Gasteiger partial charge in [-0.3, -0.25) is 9.48 Å². The van der Waals surface area contributed by atoms with Crippen LogP contribution < -0.4 is 0 Å². The first-order chi connectivity index (χ1) is 10.2. The number of ether oxygens (including phenoxy) is 2. The first kappa shape index (κ1) is 14.7. The highest BCUT2D eigenvalue weighted by atomic mass is 16.5. The molecule has 1 aliphatic carbocycles. The van der Waals surface area contributed by atoms with E-state index in [2.05, 4.69) is 12.0 Å². The van der Waals surface area contributed by atoms with Crippen LogP contribution in [-0.2, 0) is 22.6 Å². The predicted octanol–water partition coefficient (Wildman–Crippen LogP) is 2.54. The summed E-state index contributed by atoms with van der Waals surface area (Å²) >= 11 is 0. The molecule has 1 aromatic heterocycles. The lowest BCUT2D eigenvalue weighted by molar-refractivity contribution is 0.0567. The van der Waals surface area contributed by atoms with Gasteiger partial charge in [-0.1, -0.05) is 6.92 Å². The molecule has 5 heteroatoms. The molecule has 2 aliphatic rings. The lowest BCUT2D eigenvalue weighted by Crippen LogP contribution is -2.29. The summed E-state index contributed by atoms with van der Waals surface area (Å²) in [5.74, 6) is 0.431. The average molecular weight is 292 g/mol. The van der Waals surface area contributed by atoms with Crippen molar-refractivity contribution >= 4 is 6.29 Å². The molecular formula is C16H24N2O3. The zero-order chi connectivity index (χ0) is 14.9. The third kappa shape index (κ3) is 2.77. The normalized spacial score (nSPS) is 29.1. The summed E-state index contributed by atoms with van der Waals surface area (Å²) in [6, 6.07) is 0. The molecule has 0 N–H and O–H groups in total. The average Bonchev–Trinajstić information content (AvgIpc) is 2.87. The van der Waals surface area contributed by atoms with Crippen molar-refractivity contribution in [2.24, 2.45) is 5.41 Å². The number of nitrogens with zero attached hydrogens (tertiary/aromatic N) is 2. The molecule has 5 nitrogen and oxygen atoms in total. The summed E-state index contributed by atoms with van der Waals surface area (Å²) in [6.07, 6.45) is 5.37. The van der Waals surface area contributed by atoms with E-state index in [0.29, 0.717) is 24.8 Å². The van der Waals surface area contributed by atoms with Crippen molar-refractivity contribution < 1.29 is 14.3 Å². The third-order valence-corrected chi connectivity index (χ3v) is 5.02. The number of hydrogen-bond acceptors (Lipinski definition) is 4. The van der Waals surface area contributed by atoms with Crippen LogP contribution in [-0.4, -0.2) is 36.4 Å². The van der Waals surface area contributed by atoms with Crippen LogP contribution in [0.1, 0.15) is 60.3 Å². The van der Waals surface area contributed by atoms with Gasteiger partial charge in [0.1, 0.15) is 5.69 Å². The maximum absolute atomic E-state index is 11.4. The van der Waals surface area contributed by atoms with Crippen LogP contribution >= 0.6 is 0 Å². The second-order valence-electron chi connectivity index (χ2n) is 6.66. The van der Waals surface area contributed by atoms with Crippen molar-refractivity contribution in [3.63, 3.8) is 0 Å². The summed E-state index contributed by atoms with van der Waals surface area (Å²) < 4.78 is 12.9. The second kappa shape index (κ2) is 5.89. The van der Waals surface area contributed by atoms with Gasteiger partial charge in [0.2, 0.25) is 0 Å². The fraction of sp³-hybridized carbons (Fsp3) is 0.750. The molecule has 2 heterocycles. The lowest BCUT2D eigenvalue weighted by Gasteiger charge is -2.37. The maximum Gasteiger partial charge on any atom is 0.170 e. The number of fused-ring (bicyclic) bond motifs is 1. The van der Waals surface area contributed by atoms with Crippen LogP contribution in [0.15, 0.2) is 0 Å². The smallest absolute Gasteiger partial charge is 0.170 e. The van der Waals surface area contributed by atoms with E-state index in [1.165, 1.54) is 0 Å². The van der Waals surface area contributed by atoms with Crippen molar-refractivity contribution in [1.82, 2.24) is 9.78 Å². The zero-order valence-corrected chi connectivity index (χ0v) is 12.9. The van der Waals surface area contributed by atoms with E-state index in [1.54, 1.807) is 7.11 Å². The molecule has 21 heavy (non-hydrogen) atoms. The van der Waals surface area contributed by atoms with Crippen LogP contribution in [0.4, 0.5) is 0 Å². The number of carbonyl (C=O) groups excluding carboxylic acids is 1. The Morgan fingerprint density at radius 2 is 2.24 bits per heavy atom. The minimum atomic E-state index is 0.274. The molecule has 3 rings (SSSR count). The van der Waals surface area contributed by atoms with Crippen molar-refractivity contribution in [3.8, 4) is 0 Å². The molecule has 0 bridgehead atoms. The Hall–Kier alpha value is -1.20. The van der Waals surface area contributed by atoms with Crippen LogP contribution in [0.5, 0.6) is 0 Å². The van der Waals surface area contributed by atoms with Crippen LogP contribution in [0, 0.1) is 5.41 Å². The van der Waals surface area contributed by atoms with Gasteiger partial charge >= 0.3 is 0 Å². The van der Waals surface area contributed by atoms with Crippen LogP contribution in [0.2, 0.25) is 0 Å². The predicted molar refractivity (Wildman–Crippen MR) is 78.5 cm³/mol. The molecule has 0 radical (unpaired) electrons. The van der Waals surface area contributed by atoms with Gasteiger partial charge in [-0.05, 0) is 37.0 Å². The molecule has 0 saturated heterocycles. The highest BCUT2D eigenvalue weighted by Crippen LogP contribution is 2.44. The fourth-order valence-electron chi connectivity index (χ4n) is 3.82. The van der Waals surface area contributed by atoms with Crippen molar-refractivity contribution in [3.05, 3.63) is 17.0 Å². The number of aldehydes is 1. The number of hydrogen-bond donors (Lipinski definition) is 0. The van der Waals surface area contributed by atoms with E-state index in [1.807, 2.05) is 4.68 Å². The van der Waals surface area contributed by atoms with Gasteiger partial charge in [-0.15, -0.1) is 0 Å². The molecule has 0 amide bonds. The van der Waals surface area contributed by atoms with Crippen LogP contribution in [0.3, 0.4) is 0 Å². The van der Waals surface area contributed by atoms with Crippen molar-refractivity contribution in [2.75, 3.05) is 20.3 Å². The minimum Gasteiger partial charge on any atom is -0.384 e. The largest absolute Gasteiger partial charge is 0.384 e. The Morgan fingerprint density at radius 3 is 2.90 bits per heavy atom. The molecule has 0 unspecified atom stereocenters. The monoisotopic (exact) mass is 292 g/mol. The molecule has 116 valence electrons. The summed E-state index contributed by atoms with van der Waals surface area (Å²) in [5.41, 5.74) is 3.15. The minimum absolute atomic E-state index is 0.274. The molecule has 1 aliphatic heterocycles. The summed E-state index contributed by atoms with van der Waals surface area (Å²) in [4.78, 5) is 11.4. The Kier molecular flexibility index (Phi) is 4.13. The lowest BCUT2D eigenvalue weighted by atomic mass is 9.70. The van der Waals surface area contributed by atoms with Gasteiger partial charge in [0.05, 0.1) is 32.1 Å². The second-order valence-corrected chi connectivity index (χ2v) is 6.66. The maximum atomic E-state index is 11.4. The third-order valence-electron chi connectivity index (χ3n) is 5.02. The molecule has 0 spiro atoms. The van der Waals surface area contributed by atoms with Gasteiger partial charge < -0.3 is 9.47 Å². The van der Waals surface area contributed by atoms with E-state index in [4.69, 9.17) is 9.47 Å². The van der Waals surface area contributed by atoms with Gasteiger partial charge in [0.15, 0.2) is 6.29 Å². The van der Waals surface area contributed by atoms with E-state index in [9.17, 15) is 4.79 Å². The van der Waals surface area contributed by atoms with E-state index in [-0.39, 0.29) is 5.41 Å². The summed E-state index contributed by atoms with van der Waals surface area (Å²) in [7, 11) is 1.77. The Labute approximate surface area is 125 Å². The highest BCUT2D eigenvalue weighted by Gasteiger charge is 2.35. The Morgan fingerprint density at radius 1 is 1.48 bits per heavy atom. The van der Waals surface area contributed by atoms with E-state index < -0.39 is 0 Å². The zero-order valence-electron chi connectivity index (χ0n) is 12.9. The van der Waals surface area contributed by atoms with Gasteiger partial charge in [0, 0.05) is 12.7 Å². The number of carbonyl (C=O) groups is 1. The molecule has 1 fully saturated rings. The van der Waals surface area contributed by atoms with Gasteiger partial charge in [-0.2, -0.15) is 5.10 Å².